The third-order valence-electron chi connectivity index (χ3n) is 2.45. The van der Waals surface area contributed by atoms with E-state index in [1.54, 1.807) is 18.7 Å². The van der Waals surface area contributed by atoms with E-state index in [1.807, 2.05) is 24.3 Å². The van der Waals surface area contributed by atoms with Crippen LogP contribution in [0.4, 0.5) is 4.79 Å². The molecule has 0 aliphatic heterocycles. The maximum Gasteiger partial charge on any atom is 0.407 e. The van der Waals surface area contributed by atoms with Crippen molar-refractivity contribution in [3.05, 3.63) is 24.3 Å². The maximum absolute atomic E-state index is 11.2. The van der Waals surface area contributed by atoms with Crippen LogP contribution in [0.15, 0.2) is 29.4 Å². The standard InChI is InChI=1S/C12H15N5O3S/c1-3-20-12(18)13-8-21-11-14-15-16-17(11)9-4-6-10(19-2)7-5-9/h4-7H,3,8H2,1-2H3,(H,13,18). The molecule has 1 aromatic heterocycles. The quantitative estimate of drug-likeness (QED) is 0.638. The molecule has 2 aromatic rings. The molecule has 2 rings (SSSR count). The van der Waals surface area contributed by atoms with Gasteiger partial charge in [0.05, 0.1) is 25.3 Å². The molecule has 1 aromatic carbocycles. The van der Waals surface area contributed by atoms with Gasteiger partial charge >= 0.3 is 6.09 Å². The Morgan fingerprint density at radius 2 is 2.14 bits per heavy atom. The first-order valence-corrected chi connectivity index (χ1v) is 7.19. The van der Waals surface area contributed by atoms with E-state index < -0.39 is 6.09 Å². The van der Waals surface area contributed by atoms with Crippen LogP contribution in [0.2, 0.25) is 0 Å². The number of methoxy groups -OCH3 is 1. The van der Waals surface area contributed by atoms with Crippen LogP contribution in [-0.2, 0) is 4.74 Å². The summed E-state index contributed by atoms with van der Waals surface area (Å²) in [6, 6.07) is 7.33. The van der Waals surface area contributed by atoms with Crippen LogP contribution >= 0.6 is 11.8 Å². The van der Waals surface area contributed by atoms with Crippen LogP contribution in [0.1, 0.15) is 6.92 Å². The van der Waals surface area contributed by atoms with Crippen LogP contribution < -0.4 is 10.1 Å². The van der Waals surface area contributed by atoms with Crippen molar-refractivity contribution < 1.29 is 14.3 Å². The van der Waals surface area contributed by atoms with Gasteiger partial charge in [0.25, 0.3) is 0 Å². The normalized spacial score (nSPS) is 10.2. The van der Waals surface area contributed by atoms with E-state index >= 15 is 0 Å². The Labute approximate surface area is 125 Å². The van der Waals surface area contributed by atoms with Gasteiger partial charge < -0.3 is 14.8 Å². The average molecular weight is 309 g/mol. The van der Waals surface area contributed by atoms with E-state index in [-0.39, 0.29) is 0 Å². The lowest BCUT2D eigenvalue weighted by Gasteiger charge is -2.06. The Morgan fingerprint density at radius 3 is 2.81 bits per heavy atom. The number of thioether (sulfide) groups is 1. The molecular formula is C12H15N5O3S. The van der Waals surface area contributed by atoms with E-state index in [9.17, 15) is 4.79 Å². The monoisotopic (exact) mass is 309 g/mol. The van der Waals surface area contributed by atoms with Crippen molar-refractivity contribution in [2.45, 2.75) is 12.1 Å². The molecule has 8 nitrogen and oxygen atoms in total. The molecule has 21 heavy (non-hydrogen) atoms. The number of amides is 1. The van der Waals surface area contributed by atoms with Crippen LogP contribution in [0.5, 0.6) is 5.75 Å². The highest BCUT2D eigenvalue weighted by Gasteiger charge is 2.10. The molecule has 0 aliphatic carbocycles. The van der Waals surface area contributed by atoms with Gasteiger partial charge in [0.2, 0.25) is 5.16 Å². The summed E-state index contributed by atoms with van der Waals surface area (Å²) in [5.41, 5.74) is 0.805. The summed E-state index contributed by atoms with van der Waals surface area (Å²) in [6.07, 6.45) is -0.464. The number of ether oxygens (including phenoxy) is 2. The fraction of sp³-hybridized carbons (Fsp3) is 0.333. The smallest absolute Gasteiger partial charge is 0.407 e. The molecule has 0 bridgehead atoms. The van der Waals surface area contributed by atoms with Crippen molar-refractivity contribution in [3.8, 4) is 11.4 Å². The van der Waals surface area contributed by atoms with Crippen LogP contribution in [0.25, 0.3) is 5.69 Å². The van der Waals surface area contributed by atoms with E-state index in [0.29, 0.717) is 17.6 Å². The third kappa shape index (κ3) is 4.09. The summed E-state index contributed by atoms with van der Waals surface area (Å²) in [5, 5.41) is 14.6. The number of aromatic nitrogens is 4. The number of tetrazole rings is 1. The number of hydrogen-bond donors (Lipinski definition) is 1. The number of nitrogens with one attached hydrogen (secondary N) is 1. The minimum atomic E-state index is -0.464. The topological polar surface area (TPSA) is 91.2 Å². The molecule has 0 unspecified atom stereocenters. The predicted octanol–water partition coefficient (Wildman–Crippen LogP) is 1.47. The van der Waals surface area contributed by atoms with Crippen LogP contribution in [0, 0.1) is 0 Å². The van der Waals surface area contributed by atoms with Gasteiger partial charge in [0, 0.05) is 0 Å². The van der Waals surface area contributed by atoms with E-state index in [1.165, 1.54) is 11.8 Å². The molecule has 0 saturated carbocycles. The summed E-state index contributed by atoms with van der Waals surface area (Å²) < 4.78 is 11.4. The molecule has 0 saturated heterocycles. The van der Waals surface area contributed by atoms with Crippen molar-refractivity contribution in [1.29, 1.82) is 0 Å². The maximum atomic E-state index is 11.2. The Kier molecular flexibility index (Phi) is 5.38. The molecule has 1 amide bonds. The lowest BCUT2D eigenvalue weighted by Crippen LogP contribution is -2.23. The van der Waals surface area contributed by atoms with Crippen molar-refractivity contribution in [2.75, 3.05) is 19.6 Å². The second kappa shape index (κ2) is 7.48. The summed E-state index contributed by atoms with van der Waals surface area (Å²) in [7, 11) is 1.61. The van der Waals surface area contributed by atoms with Crippen molar-refractivity contribution in [2.24, 2.45) is 0 Å². The molecule has 1 heterocycles. The number of carbonyl (C=O) groups excluding carboxylic acids is 1. The van der Waals surface area contributed by atoms with Gasteiger partial charge in [-0.25, -0.2) is 4.79 Å². The minimum absolute atomic E-state index is 0.315. The van der Waals surface area contributed by atoms with Gasteiger partial charge in [0.15, 0.2) is 0 Å². The molecule has 0 fully saturated rings. The fourth-order valence-electron chi connectivity index (χ4n) is 1.50. The van der Waals surface area contributed by atoms with E-state index in [4.69, 9.17) is 9.47 Å². The van der Waals surface area contributed by atoms with E-state index in [0.717, 1.165) is 11.4 Å². The largest absolute Gasteiger partial charge is 0.497 e. The summed E-state index contributed by atoms with van der Waals surface area (Å²) in [4.78, 5) is 11.2. The zero-order chi connectivity index (χ0) is 15.1. The van der Waals surface area contributed by atoms with Gasteiger partial charge in [0.1, 0.15) is 5.75 Å². The van der Waals surface area contributed by atoms with Crippen LogP contribution in [0.3, 0.4) is 0 Å². The fourth-order valence-corrected chi connectivity index (χ4v) is 2.17. The highest BCUT2D eigenvalue weighted by atomic mass is 32.2. The SMILES string of the molecule is CCOC(=O)NCSc1nnnn1-c1ccc(OC)cc1. The van der Waals surface area contributed by atoms with Gasteiger partial charge in [-0.3, -0.25) is 0 Å². The Balaban J connectivity index is 1.99. The van der Waals surface area contributed by atoms with Crippen molar-refractivity contribution in [3.63, 3.8) is 0 Å². The van der Waals surface area contributed by atoms with Crippen molar-refractivity contribution in [1.82, 2.24) is 25.5 Å². The molecule has 1 N–H and O–H groups in total. The molecule has 0 radical (unpaired) electrons. The molecule has 9 heteroatoms. The lowest BCUT2D eigenvalue weighted by atomic mass is 10.3. The number of alkyl carbamates (subject to hydrolysis) is 1. The van der Waals surface area contributed by atoms with Gasteiger partial charge in [-0.15, -0.1) is 5.10 Å². The number of carbonyl (C=O) groups is 1. The Hall–Kier alpha value is -2.29. The number of rotatable bonds is 6. The number of benzene rings is 1. The summed E-state index contributed by atoms with van der Waals surface area (Å²) >= 11 is 1.30. The summed E-state index contributed by atoms with van der Waals surface area (Å²) in [5.74, 6) is 1.07. The zero-order valence-corrected chi connectivity index (χ0v) is 12.5. The predicted molar refractivity (Wildman–Crippen MR) is 76.6 cm³/mol. The second-order valence-corrected chi connectivity index (χ2v) is 4.70. The minimum Gasteiger partial charge on any atom is -0.497 e. The summed E-state index contributed by atoms with van der Waals surface area (Å²) in [6.45, 7) is 2.08. The molecule has 0 aliphatic rings. The lowest BCUT2D eigenvalue weighted by molar-refractivity contribution is 0.154. The zero-order valence-electron chi connectivity index (χ0n) is 11.6. The second-order valence-electron chi connectivity index (χ2n) is 3.76. The Bertz CT molecular complexity index is 587. The molecule has 112 valence electrons. The first kappa shape index (κ1) is 15.1. The molecule has 0 atom stereocenters. The van der Waals surface area contributed by atoms with Crippen molar-refractivity contribution >= 4 is 17.9 Å². The first-order chi connectivity index (χ1) is 10.2. The highest BCUT2D eigenvalue weighted by molar-refractivity contribution is 7.99. The molecule has 0 spiro atoms. The Morgan fingerprint density at radius 1 is 1.38 bits per heavy atom. The average Bonchev–Trinajstić information content (AvgIpc) is 2.96. The number of nitrogens with zero attached hydrogens (tertiary/aromatic N) is 4. The van der Waals surface area contributed by atoms with Gasteiger partial charge in [-0.05, 0) is 41.6 Å². The van der Waals surface area contributed by atoms with Gasteiger partial charge in [-0.1, -0.05) is 11.8 Å². The van der Waals surface area contributed by atoms with Gasteiger partial charge in [-0.2, -0.15) is 4.68 Å². The molecular weight excluding hydrogens is 294 g/mol. The first-order valence-electron chi connectivity index (χ1n) is 6.20. The highest BCUT2D eigenvalue weighted by Crippen LogP contribution is 2.19. The third-order valence-corrected chi connectivity index (χ3v) is 3.25. The van der Waals surface area contributed by atoms with Crippen LogP contribution in [-0.4, -0.2) is 45.9 Å². The van der Waals surface area contributed by atoms with E-state index in [2.05, 4.69) is 20.8 Å². The number of hydrogen-bond acceptors (Lipinski definition) is 7.